The van der Waals surface area contributed by atoms with Gasteiger partial charge in [-0.25, -0.2) is 15.0 Å². The Labute approximate surface area is 192 Å². The zero-order valence-corrected chi connectivity index (χ0v) is 18.7. The second-order valence-corrected chi connectivity index (χ2v) is 8.09. The highest BCUT2D eigenvalue weighted by molar-refractivity contribution is 6.00. The maximum atomic E-state index is 12.6. The van der Waals surface area contributed by atoms with Gasteiger partial charge in [0, 0.05) is 44.0 Å². The molecule has 9 nitrogen and oxygen atoms in total. The van der Waals surface area contributed by atoms with E-state index in [4.69, 9.17) is 0 Å². The van der Waals surface area contributed by atoms with Gasteiger partial charge in [-0.3, -0.25) is 9.59 Å². The fourth-order valence-corrected chi connectivity index (χ4v) is 3.64. The van der Waals surface area contributed by atoms with Crippen LogP contribution in [0.25, 0.3) is 0 Å². The molecule has 3 heterocycles. The minimum atomic E-state index is -0.351. The van der Waals surface area contributed by atoms with E-state index in [0.717, 1.165) is 16.8 Å². The molecule has 4 rings (SSSR count). The molecule has 3 N–H and O–H groups in total. The van der Waals surface area contributed by atoms with E-state index in [-0.39, 0.29) is 24.2 Å². The number of pyridine rings is 1. The van der Waals surface area contributed by atoms with Crippen LogP contribution in [0, 0.1) is 19.8 Å². The monoisotopic (exact) mass is 445 g/mol. The van der Waals surface area contributed by atoms with Crippen molar-refractivity contribution in [3.05, 3.63) is 66.1 Å². The van der Waals surface area contributed by atoms with Gasteiger partial charge in [-0.15, -0.1) is 0 Å². The van der Waals surface area contributed by atoms with Gasteiger partial charge in [0.15, 0.2) is 0 Å². The van der Waals surface area contributed by atoms with Crippen molar-refractivity contribution in [2.24, 2.45) is 5.92 Å². The lowest BCUT2D eigenvalue weighted by Gasteiger charge is -2.17. The van der Waals surface area contributed by atoms with Crippen LogP contribution in [0.2, 0.25) is 0 Å². The average Bonchev–Trinajstić information content (AvgIpc) is 3.19. The summed E-state index contributed by atoms with van der Waals surface area (Å²) in [5, 5.41) is 9.23. The molecule has 33 heavy (non-hydrogen) atoms. The molecular weight excluding hydrogens is 418 g/mol. The predicted molar refractivity (Wildman–Crippen MR) is 127 cm³/mol. The summed E-state index contributed by atoms with van der Waals surface area (Å²) in [4.78, 5) is 39.3. The molecular formula is C24H27N7O2. The van der Waals surface area contributed by atoms with Crippen LogP contribution in [0.3, 0.4) is 0 Å². The molecule has 1 atom stereocenters. The molecule has 3 aromatic rings. The molecule has 1 saturated heterocycles. The second kappa shape index (κ2) is 10.1. The van der Waals surface area contributed by atoms with E-state index in [1.165, 1.54) is 6.33 Å². The summed E-state index contributed by atoms with van der Waals surface area (Å²) in [6.07, 6.45) is 3.42. The summed E-state index contributed by atoms with van der Waals surface area (Å²) in [6.45, 7) is 5.30. The van der Waals surface area contributed by atoms with Gasteiger partial charge in [-0.2, -0.15) is 0 Å². The van der Waals surface area contributed by atoms with Gasteiger partial charge in [-0.1, -0.05) is 17.7 Å². The van der Waals surface area contributed by atoms with Gasteiger partial charge >= 0.3 is 0 Å². The highest BCUT2D eigenvalue weighted by Gasteiger charge is 2.34. The Hall–Kier alpha value is -4.01. The first-order valence-electron chi connectivity index (χ1n) is 10.9. The molecule has 0 saturated carbocycles. The lowest BCUT2D eigenvalue weighted by atomic mass is 10.1. The first-order valence-corrected chi connectivity index (χ1v) is 10.9. The van der Waals surface area contributed by atoms with Crippen LogP contribution in [-0.2, 0) is 9.59 Å². The largest absolute Gasteiger partial charge is 0.368 e. The van der Waals surface area contributed by atoms with Crippen LogP contribution in [0.4, 0.5) is 23.1 Å². The Morgan fingerprint density at radius 3 is 2.52 bits per heavy atom. The summed E-state index contributed by atoms with van der Waals surface area (Å²) >= 11 is 0. The van der Waals surface area contributed by atoms with Crippen LogP contribution in [0.1, 0.15) is 17.5 Å². The van der Waals surface area contributed by atoms with Crippen molar-refractivity contribution in [1.82, 2.24) is 20.3 Å². The molecule has 0 radical (unpaired) electrons. The summed E-state index contributed by atoms with van der Waals surface area (Å²) in [6, 6.07) is 13.4. The molecule has 1 aliphatic heterocycles. The van der Waals surface area contributed by atoms with Gasteiger partial charge < -0.3 is 20.9 Å². The molecule has 1 fully saturated rings. The summed E-state index contributed by atoms with van der Waals surface area (Å²) in [5.41, 5.74) is 3.06. The van der Waals surface area contributed by atoms with E-state index in [0.29, 0.717) is 37.1 Å². The summed E-state index contributed by atoms with van der Waals surface area (Å²) in [7, 11) is 0. The van der Waals surface area contributed by atoms with E-state index in [2.05, 4.69) is 30.9 Å². The molecule has 2 amide bonds. The summed E-state index contributed by atoms with van der Waals surface area (Å²) in [5.74, 6) is 1.47. The smallest absolute Gasteiger partial charge is 0.227 e. The third-order valence-electron chi connectivity index (χ3n) is 5.41. The van der Waals surface area contributed by atoms with E-state index < -0.39 is 0 Å². The zero-order valence-electron chi connectivity index (χ0n) is 18.7. The first kappa shape index (κ1) is 22.2. The average molecular weight is 446 g/mol. The molecule has 1 unspecified atom stereocenters. The third kappa shape index (κ3) is 5.82. The number of aryl methyl sites for hydroxylation is 2. The van der Waals surface area contributed by atoms with Gasteiger partial charge in [-0.05, 0) is 43.7 Å². The Balaban J connectivity index is 1.23. The number of hydrogen-bond donors (Lipinski definition) is 3. The highest BCUT2D eigenvalue weighted by atomic mass is 16.2. The highest BCUT2D eigenvalue weighted by Crippen LogP contribution is 2.25. The fourth-order valence-electron chi connectivity index (χ4n) is 3.64. The quantitative estimate of drug-likeness (QED) is 0.457. The van der Waals surface area contributed by atoms with Crippen LogP contribution >= 0.6 is 0 Å². The first-order chi connectivity index (χ1) is 16.0. The van der Waals surface area contributed by atoms with Crippen LogP contribution < -0.4 is 20.9 Å². The van der Waals surface area contributed by atoms with Crippen molar-refractivity contribution in [3.63, 3.8) is 0 Å². The van der Waals surface area contributed by atoms with E-state index in [1.54, 1.807) is 17.2 Å². The molecule has 0 spiro atoms. The maximum Gasteiger partial charge on any atom is 0.227 e. The third-order valence-corrected chi connectivity index (χ3v) is 5.41. The minimum absolute atomic E-state index is 0.0266. The van der Waals surface area contributed by atoms with Crippen molar-refractivity contribution in [2.75, 3.05) is 35.2 Å². The van der Waals surface area contributed by atoms with Crippen molar-refractivity contribution < 1.29 is 9.59 Å². The van der Waals surface area contributed by atoms with Gasteiger partial charge in [0.25, 0.3) is 0 Å². The van der Waals surface area contributed by atoms with E-state index in [9.17, 15) is 9.59 Å². The van der Waals surface area contributed by atoms with E-state index >= 15 is 0 Å². The molecule has 170 valence electrons. The number of aromatic nitrogens is 3. The maximum absolute atomic E-state index is 12.6. The Morgan fingerprint density at radius 1 is 0.970 bits per heavy atom. The predicted octanol–water partition coefficient (Wildman–Crippen LogP) is 2.81. The second-order valence-electron chi connectivity index (χ2n) is 8.09. The van der Waals surface area contributed by atoms with Gasteiger partial charge in [0.2, 0.25) is 11.8 Å². The number of carbonyl (C=O) groups excluding carboxylic acids is 2. The van der Waals surface area contributed by atoms with Crippen LogP contribution in [0.5, 0.6) is 0 Å². The van der Waals surface area contributed by atoms with Gasteiger partial charge in [0.1, 0.15) is 23.8 Å². The van der Waals surface area contributed by atoms with Crippen LogP contribution in [0.15, 0.2) is 55.0 Å². The normalized spacial score (nSPS) is 15.4. The topological polar surface area (TPSA) is 112 Å². The number of carbonyl (C=O) groups is 2. The zero-order chi connectivity index (χ0) is 23.2. The van der Waals surface area contributed by atoms with Crippen molar-refractivity contribution in [2.45, 2.75) is 20.3 Å². The minimum Gasteiger partial charge on any atom is -0.368 e. The Morgan fingerprint density at radius 2 is 1.73 bits per heavy atom. The van der Waals surface area contributed by atoms with E-state index in [1.807, 2.05) is 50.2 Å². The van der Waals surface area contributed by atoms with Crippen molar-refractivity contribution in [1.29, 1.82) is 0 Å². The summed E-state index contributed by atoms with van der Waals surface area (Å²) < 4.78 is 0. The van der Waals surface area contributed by atoms with Crippen LogP contribution in [-0.4, -0.2) is 46.4 Å². The van der Waals surface area contributed by atoms with Crippen molar-refractivity contribution >= 4 is 35.0 Å². The molecule has 0 bridgehead atoms. The molecule has 2 aromatic heterocycles. The number of amides is 2. The number of hydrogen-bond acceptors (Lipinski definition) is 7. The number of nitrogens with one attached hydrogen (secondary N) is 3. The number of benzene rings is 1. The molecule has 0 aliphatic carbocycles. The number of nitrogens with zero attached hydrogens (tertiary/aromatic N) is 4. The molecule has 1 aromatic carbocycles. The standard InChI is InChI=1S/C24H27N7O2/c1-16-3-5-19(6-4-16)31-14-18(12-23(31)32)24(33)27-10-9-26-20-13-22(29-15-28-20)30-21-11-17(2)7-8-25-21/h3-8,11,13,15,18H,9-10,12,14H2,1-2H3,(H,27,33)(H2,25,26,28,29,30). The Bertz CT molecular complexity index is 1130. The molecule has 9 heteroatoms. The van der Waals surface area contributed by atoms with Gasteiger partial charge in [0.05, 0.1) is 5.92 Å². The SMILES string of the molecule is Cc1ccc(N2CC(C(=O)NCCNc3cc(Nc4cc(C)ccn4)ncn3)CC2=O)cc1. The van der Waals surface area contributed by atoms with Crippen molar-refractivity contribution in [3.8, 4) is 0 Å². The fraction of sp³-hybridized carbons (Fsp3) is 0.292. The lowest BCUT2D eigenvalue weighted by Crippen LogP contribution is -2.35. The number of rotatable bonds is 8. The number of anilines is 4. The molecule has 1 aliphatic rings. The lowest BCUT2D eigenvalue weighted by molar-refractivity contribution is -0.126. The Kier molecular flexibility index (Phi) is 6.77.